The molecule has 2 fully saturated rings. The highest BCUT2D eigenvalue weighted by molar-refractivity contribution is 5.94. The first-order chi connectivity index (χ1) is 9.78. The Bertz CT molecular complexity index is 466. The van der Waals surface area contributed by atoms with Gasteiger partial charge in [-0.1, -0.05) is 19.3 Å². The zero-order valence-corrected chi connectivity index (χ0v) is 12.0. The Labute approximate surface area is 120 Å². The molecule has 1 saturated heterocycles. The Hall–Kier alpha value is -1.71. The van der Waals surface area contributed by atoms with Gasteiger partial charge in [-0.25, -0.2) is 4.79 Å². The maximum Gasteiger partial charge on any atom is 0.322 e. The van der Waals surface area contributed by atoms with E-state index in [-0.39, 0.29) is 6.03 Å². The number of nitrogens with zero attached hydrogens (tertiary/aromatic N) is 1. The van der Waals surface area contributed by atoms with Crippen LogP contribution in [0, 0.1) is 5.92 Å². The molecule has 4 heteroatoms. The summed E-state index contributed by atoms with van der Waals surface area (Å²) in [5.74, 6) is 1.47. The van der Waals surface area contributed by atoms with Crippen LogP contribution in [0.4, 0.5) is 10.5 Å². The molecular weight excluding hydrogens is 252 g/mol. The van der Waals surface area contributed by atoms with E-state index in [2.05, 4.69) is 5.32 Å². The number of anilines is 1. The minimum atomic E-state index is 0.0331. The molecule has 20 heavy (non-hydrogen) atoms. The van der Waals surface area contributed by atoms with Crippen LogP contribution in [0.1, 0.15) is 32.1 Å². The van der Waals surface area contributed by atoms with Crippen LogP contribution in [-0.2, 0) is 0 Å². The highest BCUT2D eigenvalue weighted by Gasteiger charge is 2.35. The number of urea groups is 1. The van der Waals surface area contributed by atoms with Gasteiger partial charge in [0.15, 0.2) is 0 Å². The lowest BCUT2D eigenvalue weighted by atomic mass is 9.84. The predicted molar refractivity (Wildman–Crippen MR) is 79.2 cm³/mol. The molecular formula is C16H22N2O2. The van der Waals surface area contributed by atoms with Gasteiger partial charge in [0.2, 0.25) is 0 Å². The molecule has 0 spiro atoms. The molecule has 1 N–H and O–H groups in total. The van der Waals surface area contributed by atoms with E-state index >= 15 is 0 Å². The van der Waals surface area contributed by atoms with Gasteiger partial charge in [-0.3, -0.25) is 4.90 Å². The van der Waals surface area contributed by atoms with Crippen LogP contribution >= 0.6 is 0 Å². The summed E-state index contributed by atoms with van der Waals surface area (Å²) in [7, 11) is 1.65. The monoisotopic (exact) mass is 274 g/mol. The van der Waals surface area contributed by atoms with Crippen LogP contribution < -0.4 is 15.0 Å². The van der Waals surface area contributed by atoms with Gasteiger partial charge in [-0.2, -0.15) is 0 Å². The Morgan fingerprint density at radius 2 is 1.85 bits per heavy atom. The van der Waals surface area contributed by atoms with Crippen molar-refractivity contribution in [1.29, 1.82) is 0 Å². The second-order valence-corrected chi connectivity index (χ2v) is 5.76. The number of rotatable bonds is 3. The van der Waals surface area contributed by atoms with Crippen molar-refractivity contribution in [2.75, 3.05) is 18.6 Å². The van der Waals surface area contributed by atoms with Crippen LogP contribution in [-0.4, -0.2) is 25.7 Å². The first kappa shape index (κ1) is 13.3. The van der Waals surface area contributed by atoms with Crippen molar-refractivity contribution in [2.24, 2.45) is 5.92 Å². The first-order valence-electron chi connectivity index (χ1n) is 7.50. The van der Waals surface area contributed by atoms with Gasteiger partial charge in [-0.05, 0) is 43.0 Å². The quantitative estimate of drug-likeness (QED) is 0.919. The van der Waals surface area contributed by atoms with Crippen molar-refractivity contribution >= 4 is 11.7 Å². The maximum atomic E-state index is 12.2. The molecule has 4 nitrogen and oxygen atoms in total. The van der Waals surface area contributed by atoms with Crippen LogP contribution in [0.3, 0.4) is 0 Å². The number of carbonyl (C=O) groups excluding carboxylic acids is 1. The van der Waals surface area contributed by atoms with Crippen molar-refractivity contribution in [3.63, 3.8) is 0 Å². The molecule has 2 amide bonds. The number of methoxy groups -OCH3 is 1. The van der Waals surface area contributed by atoms with Gasteiger partial charge in [0, 0.05) is 12.2 Å². The molecule has 1 aromatic carbocycles. The Balaban J connectivity index is 1.69. The summed E-state index contributed by atoms with van der Waals surface area (Å²) < 4.78 is 5.16. The lowest BCUT2D eigenvalue weighted by Gasteiger charge is -2.26. The molecule has 1 saturated carbocycles. The Morgan fingerprint density at radius 3 is 2.50 bits per heavy atom. The van der Waals surface area contributed by atoms with Crippen LogP contribution in [0.2, 0.25) is 0 Å². The molecule has 0 radical (unpaired) electrons. The molecule has 1 aliphatic heterocycles. The molecule has 1 atom stereocenters. The topological polar surface area (TPSA) is 41.6 Å². The zero-order valence-electron chi connectivity index (χ0n) is 12.0. The highest BCUT2D eigenvalue weighted by atomic mass is 16.5. The van der Waals surface area contributed by atoms with Crippen LogP contribution in [0.15, 0.2) is 24.3 Å². The molecule has 1 heterocycles. The van der Waals surface area contributed by atoms with E-state index in [1.165, 1.54) is 32.1 Å². The number of ether oxygens (including phenoxy) is 1. The number of nitrogens with one attached hydrogen (secondary N) is 1. The lowest BCUT2D eigenvalue weighted by molar-refractivity contribution is 0.244. The van der Waals surface area contributed by atoms with Crippen molar-refractivity contribution in [3.05, 3.63) is 24.3 Å². The van der Waals surface area contributed by atoms with E-state index in [0.717, 1.165) is 18.0 Å². The van der Waals surface area contributed by atoms with Gasteiger partial charge in [0.25, 0.3) is 0 Å². The molecule has 3 rings (SSSR count). The first-order valence-corrected chi connectivity index (χ1v) is 7.50. The van der Waals surface area contributed by atoms with Crippen molar-refractivity contribution in [2.45, 2.75) is 38.1 Å². The summed E-state index contributed by atoms with van der Waals surface area (Å²) in [6.45, 7) is 0.788. The lowest BCUT2D eigenvalue weighted by Crippen LogP contribution is -2.35. The van der Waals surface area contributed by atoms with Gasteiger partial charge in [0.05, 0.1) is 13.2 Å². The van der Waals surface area contributed by atoms with Crippen molar-refractivity contribution in [1.82, 2.24) is 5.32 Å². The molecule has 1 aromatic rings. The van der Waals surface area contributed by atoms with E-state index in [0.29, 0.717) is 12.0 Å². The van der Waals surface area contributed by atoms with E-state index in [9.17, 15) is 4.79 Å². The van der Waals surface area contributed by atoms with Gasteiger partial charge in [0.1, 0.15) is 5.75 Å². The van der Waals surface area contributed by atoms with Gasteiger partial charge < -0.3 is 10.1 Å². The summed E-state index contributed by atoms with van der Waals surface area (Å²) in [6.07, 6.45) is 6.46. The van der Waals surface area contributed by atoms with Gasteiger partial charge >= 0.3 is 6.03 Å². The third-order valence-electron chi connectivity index (χ3n) is 4.54. The number of carbonyl (C=O) groups is 1. The number of amides is 2. The SMILES string of the molecule is COc1ccc(N2CC(C3CCCCC3)NC2=O)cc1. The fourth-order valence-corrected chi connectivity index (χ4v) is 3.35. The van der Waals surface area contributed by atoms with Crippen molar-refractivity contribution in [3.8, 4) is 5.75 Å². The molecule has 0 bridgehead atoms. The van der Waals surface area contributed by atoms with E-state index in [1.807, 2.05) is 29.2 Å². The van der Waals surface area contributed by atoms with Gasteiger partial charge in [-0.15, -0.1) is 0 Å². The molecule has 2 aliphatic rings. The normalized spacial score (nSPS) is 23.8. The Kier molecular flexibility index (Phi) is 3.81. The average Bonchev–Trinajstić information content (AvgIpc) is 2.90. The number of hydrogen-bond donors (Lipinski definition) is 1. The number of hydrogen-bond acceptors (Lipinski definition) is 2. The van der Waals surface area contributed by atoms with Crippen molar-refractivity contribution < 1.29 is 9.53 Å². The van der Waals surface area contributed by atoms with E-state index < -0.39 is 0 Å². The summed E-state index contributed by atoms with van der Waals surface area (Å²) in [4.78, 5) is 14.0. The summed E-state index contributed by atoms with van der Waals surface area (Å²) >= 11 is 0. The molecule has 0 aromatic heterocycles. The van der Waals surface area contributed by atoms with E-state index in [4.69, 9.17) is 4.74 Å². The molecule has 1 unspecified atom stereocenters. The summed E-state index contributed by atoms with van der Waals surface area (Å²) in [6, 6.07) is 8.03. The zero-order chi connectivity index (χ0) is 13.9. The van der Waals surface area contributed by atoms with E-state index in [1.54, 1.807) is 7.11 Å². The third-order valence-corrected chi connectivity index (χ3v) is 4.54. The average molecular weight is 274 g/mol. The fourth-order valence-electron chi connectivity index (χ4n) is 3.35. The second kappa shape index (κ2) is 5.73. The summed E-state index contributed by atoms with van der Waals surface area (Å²) in [5, 5.41) is 3.16. The third kappa shape index (κ3) is 2.60. The largest absolute Gasteiger partial charge is 0.497 e. The number of benzene rings is 1. The maximum absolute atomic E-state index is 12.2. The van der Waals surface area contributed by atoms with Crippen LogP contribution in [0.5, 0.6) is 5.75 Å². The second-order valence-electron chi connectivity index (χ2n) is 5.76. The fraction of sp³-hybridized carbons (Fsp3) is 0.562. The Morgan fingerprint density at radius 1 is 1.15 bits per heavy atom. The highest BCUT2D eigenvalue weighted by Crippen LogP contribution is 2.30. The summed E-state index contributed by atoms with van der Waals surface area (Å²) in [5.41, 5.74) is 0.946. The van der Waals surface area contributed by atoms with Crippen LogP contribution in [0.25, 0.3) is 0 Å². The predicted octanol–water partition coefficient (Wildman–Crippen LogP) is 3.17. The minimum absolute atomic E-state index is 0.0331. The standard InChI is InChI=1S/C16H22N2O2/c1-20-14-9-7-13(8-10-14)18-11-15(17-16(18)19)12-5-3-2-4-6-12/h7-10,12,15H,2-6,11H2,1H3,(H,17,19). The molecule has 108 valence electrons. The smallest absolute Gasteiger partial charge is 0.322 e. The molecule has 1 aliphatic carbocycles. The minimum Gasteiger partial charge on any atom is -0.497 e.